The molecule has 0 aliphatic rings. The second kappa shape index (κ2) is 5.59. The van der Waals surface area contributed by atoms with Gasteiger partial charge in [0, 0.05) is 18.3 Å². The van der Waals surface area contributed by atoms with E-state index < -0.39 is 0 Å². The lowest BCUT2D eigenvalue weighted by atomic mass is 10.2. The van der Waals surface area contributed by atoms with Crippen molar-refractivity contribution in [2.24, 2.45) is 15.9 Å². The van der Waals surface area contributed by atoms with E-state index in [9.17, 15) is 0 Å². The fraction of sp³-hybridized carbons (Fsp3) is 0.333. The van der Waals surface area contributed by atoms with Crippen LogP contribution in [0.2, 0.25) is 0 Å². The Morgan fingerprint density at radius 2 is 2.00 bits per heavy atom. The van der Waals surface area contributed by atoms with Crippen molar-refractivity contribution < 1.29 is 0 Å². The minimum atomic E-state index is 0.323. The van der Waals surface area contributed by atoms with E-state index in [4.69, 9.17) is 0 Å². The molecule has 0 aliphatic heterocycles. The maximum Gasteiger partial charge on any atom is 0.130 e. The van der Waals surface area contributed by atoms with Gasteiger partial charge in [-0.15, -0.1) is 0 Å². The van der Waals surface area contributed by atoms with Gasteiger partial charge in [-0.25, -0.2) is 9.98 Å². The third-order valence-corrected chi connectivity index (χ3v) is 1.05. The normalized spacial score (nSPS) is 12.5. The van der Waals surface area contributed by atoms with Crippen LogP contribution < -0.4 is 0 Å². The molecule has 11 heavy (non-hydrogen) atoms. The molecule has 0 radical (unpaired) electrons. The quantitative estimate of drug-likeness (QED) is 0.436. The largest absolute Gasteiger partial charge is 0.242 e. The molecule has 0 rings (SSSR count). The van der Waals surface area contributed by atoms with Crippen molar-refractivity contribution in [3.8, 4) is 0 Å². The first kappa shape index (κ1) is 9.82. The van der Waals surface area contributed by atoms with Crippen LogP contribution in [0.25, 0.3) is 0 Å². The van der Waals surface area contributed by atoms with Gasteiger partial charge in [-0.2, -0.15) is 0 Å². The van der Waals surface area contributed by atoms with Crippen molar-refractivity contribution in [1.29, 1.82) is 0 Å². The monoisotopic (exact) mass is 150 g/mol. The minimum Gasteiger partial charge on any atom is -0.242 e. The van der Waals surface area contributed by atoms with Gasteiger partial charge in [0.05, 0.1) is 0 Å². The van der Waals surface area contributed by atoms with Crippen LogP contribution in [0.5, 0.6) is 0 Å². The second-order valence-electron chi connectivity index (χ2n) is 2.34. The van der Waals surface area contributed by atoms with Gasteiger partial charge < -0.3 is 0 Å². The molecule has 0 fully saturated rings. The number of hydrogen-bond acceptors (Lipinski definition) is 1. The van der Waals surface area contributed by atoms with Crippen LogP contribution in [0, 0.1) is 5.92 Å². The van der Waals surface area contributed by atoms with Crippen LogP contribution in [0.1, 0.15) is 13.8 Å². The first-order valence-corrected chi connectivity index (χ1v) is 3.56. The lowest BCUT2D eigenvalue weighted by Crippen LogP contribution is -2.03. The van der Waals surface area contributed by atoms with Crippen molar-refractivity contribution in [3.63, 3.8) is 0 Å². The standard InChI is InChI=1S/C9H14N2/c1-5-7-11-9(8(3)4)10-6-2/h5-8H,1-2H2,3-4H3. The zero-order valence-electron chi connectivity index (χ0n) is 7.12. The average molecular weight is 150 g/mol. The van der Waals surface area contributed by atoms with Crippen LogP contribution in [0.4, 0.5) is 0 Å². The summed E-state index contributed by atoms with van der Waals surface area (Å²) in [5.74, 6) is 1.10. The molecule has 60 valence electrons. The van der Waals surface area contributed by atoms with Gasteiger partial charge >= 0.3 is 0 Å². The number of hydrogen-bond donors (Lipinski definition) is 0. The first-order chi connectivity index (χ1) is 5.22. The molecule has 2 heteroatoms. The first-order valence-electron chi connectivity index (χ1n) is 3.56. The molecular weight excluding hydrogens is 136 g/mol. The Labute approximate surface area is 68.1 Å². The third kappa shape index (κ3) is 4.25. The van der Waals surface area contributed by atoms with Crippen LogP contribution in [0.15, 0.2) is 35.4 Å². The topological polar surface area (TPSA) is 24.7 Å². The summed E-state index contributed by atoms with van der Waals surface area (Å²) in [6.45, 7) is 11.1. The van der Waals surface area contributed by atoms with Crippen LogP contribution in [0.3, 0.4) is 0 Å². The molecule has 0 aliphatic carbocycles. The number of nitrogens with zero attached hydrogens (tertiary/aromatic N) is 2. The minimum absolute atomic E-state index is 0.323. The molecular formula is C9H14N2. The Morgan fingerprint density at radius 1 is 1.36 bits per heavy atom. The highest BCUT2D eigenvalue weighted by molar-refractivity contribution is 5.93. The van der Waals surface area contributed by atoms with Gasteiger partial charge in [-0.3, -0.25) is 0 Å². The maximum atomic E-state index is 4.07. The summed E-state index contributed by atoms with van der Waals surface area (Å²) in [6, 6.07) is 0. The molecule has 0 atom stereocenters. The number of amidine groups is 1. The van der Waals surface area contributed by atoms with Gasteiger partial charge in [0.15, 0.2) is 0 Å². The zero-order chi connectivity index (χ0) is 8.69. The molecule has 0 heterocycles. The van der Waals surface area contributed by atoms with E-state index in [1.807, 2.05) is 13.8 Å². The van der Waals surface area contributed by atoms with Crippen LogP contribution >= 0.6 is 0 Å². The zero-order valence-corrected chi connectivity index (χ0v) is 7.12. The maximum absolute atomic E-state index is 4.07. The fourth-order valence-corrected chi connectivity index (χ4v) is 0.554. The Hall–Kier alpha value is -1.18. The van der Waals surface area contributed by atoms with E-state index in [1.54, 1.807) is 12.3 Å². The summed E-state index contributed by atoms with van der Waals surface area (Å²) < 4.78 is 0. The molecule has 0 N–H and O–H groups in total. The van der Waals surface area contributed by atoms with E-state index in [-0.39, 0.29) is 0 Å². The smallest absolute Gasteiger partial charge is 0.130 e. The molecule has 0 aromatic rings. The highest BCUT2D eigenvalue weighted by Crippen LogP contribution is 1.98. The average Bonchev–Trinajstić information content (AvgIpc) is 1.97. The van der Waals surface area contributed by atoms with Crippen LogP contribution in [-0.4, -0.2) is 12.1 Å². The van der Waals surface area contributed by atoms with E-state index in [0.29, 0.717) is 5.92 Å². The molecule has 0 aromatic carbocycles. The van der Waals surface area contributed by atoms with Crippen molar-refractivity contribution in [2.75, 3.05) is 0 Å². The number of aliphatic imine (C=N–C) groups is 2. The van der Waals surface area contributed by atoms with E-state index in [1.165, 1.54) is 6.20 Å². The van der Waals surface area contributed by atoms with Crippen molar-refractivity contribution in [1.82, 2.24) is 0 Å². The van der Waals surface area contributed by atoms with Gasteiger partial charge in [0.2, 0.25) is 0 Å². The van der Waals surface area contributed by atoms with Crippen molar-refractivity contribution >= 4 is 12.1 Å². The van der Waals surface area contributed by atoms with E-state index in [0.717, 1.165) is 5.84 Å². The Bertz CT molecular complexity index is 188. The highest BCUT2D eigenvalue weighted by atomic mass is 14.9. The number of rotatable bonds is 3. The Balaban J connectivity index is 4.34. The molecule has 0 saturated heterocycles. The summed E-state index contributed by atoms with van der Waals surface area (Å²) in [5.41, 5.74) is 0. The van der Waals surface area contributed by atoms with E-state index >= 15 is 0 Å². The molecule has 0 bridgehead atoms. The summed E-state index contributed by atoms with van der Waals surface area (Å²) >= 11 is 0. The molecule has 2 nitrogen and oxygen atoms in total. The molecule has 0 spiro atoms. The van der Waals surface area contributed by atoms with Gasteiger partial charge in [0.25, 0.3) is 0 Å². The summed E-state index contributed by atoms with van der Waals surface area (Å²) in [6.07, 6.45) is 4.75. The molecule has 0 unspecified atom stereocenters. The summed E-state index contributed by atoms with van der Waals surface area (Å²) in [7, 11) is 0. The third-order valence-electron chi connectivity index (χ3n) is 1.05. The fourth-order valence-electron chi connectivity index (χ4n) is 0.554. The molecule has 0 amide bonds. The van der Waals surface area contributed by atoms with Crippen molar-refractivity contribution in [3.05, 3.63) is 25.4 Å². The highest BCUT2D eigenvalue weighted by Gasteiger charge is 1.99. The Kier molecular flexibility index (Phi) is 4.99. The second-order valence-corrected chi connectivity index (χ2v) is 2.34. The summed E-state index contributed by atoms with van der Waals surface area (Å²) in [4.78, 5) is 8.06. The number of allylic oxidation sites excluding steroid dienone is 1. The van der Waals surface area contributed by atoms with Gasteiger partial charge in [0.1, 0.15) is 5.84 Å². The van der Waals surface area contributed by atoms with Crippen LogP contribution in [-0.2, 0) is 0 Å². The van der Waals surface area contributed by atoms with E-state index in [2.05, 4.69) is 23.1 Å². The van der Waals surface area contributed by atoms with Gasteiger partial charge in [-0.1, -0.05) is 33.1 Å². The lowest BCUT2D eigenvalue weighted by Gasteiger charge is -2.00. The predicted molar refractivity (Wildman–Crippen MR) is 51.2 cm³/mol. The Morgan fingerprint density at radius 3 is 2.36 bits per heavy atom. The predicted octanol–water partition coefficient (Wildman–Crippen LogP) is 2.44. The van der Waals surface area contributed by atoms with Gasteiger partial charge in [-0.05, 0) is 0 Å². The SMILES string of the molecule is C=CC=NC(=NC=C)C(C)C. The van der Waals surface area contributed by atoms with Crippen molar-refractivity contribution in [2.45, 2.75) is 13.8 Å². The lowest BCUT2D eigenvalue weighted by molar-refractivity contribution is 0.873. The molecule has 0 aromatic heterocycles. The summed E-state index contributed by atoms with van der Waals surface area (Å²) in [5, 5.41) is 0. The molecule has 0 saturated carbocycles.